The van der Waals surface area contributed by atoms with Gasteiger partial charge in [0.1, 0.15) is 0 Å². The average Bonchev–Trinajstić information content (AvgIpc) is 2.29. The molecule has 0 unspecified atom stereocenters. The Morgan fingerprint density at radius 3 is 2.59 bits per heavy atom. The van der Waals surface area contributed by atoms with Crippen molar-refractivity contribution < 1.29 is 18.0 Å². The van der Waals surface area contributed by atoms with Crippen LogP contribution in [-0.2, 0) is 5.92 Å². The SMILES string of the molecule is CN(C)C(=O)Nc1cccc(C(F)(F)CF)c1. The lowest BCUT2D eigenvalue weighted by molar-refractivity contribution is -0.0280. The third-order valence-corrected chi connectivity index (χ3v) is 2.11. The number of carbonyl (C=O) groups is 1. The predicted octanol–water partition coefficient (Wildman–Crippen LogP) is 2.84. The van der Waals surface area contributed by atoms with Gasteiger partial charge in [0.05, 0.1) is 0 Å². The molecule has 0 radical (unpaired) electrons. The van der Waals surface area contributed by atoms with E-state index < -0.39 is 24.2 Å². The van der Waals surface area contributed by atoms with Gasteiger partial charge in [-0.25, -0.2) is 9.18 Å². The minimum absolute atomic E-state index is 0.203. The van der Waals surface area contributed by atoms with Crippen molar-refractivity contribution in [3.8, 4) is 0 Å². The van der Waals surface area contributed by atoms with Gasteiger partial charge in [-0.2, -0.15) is 8.78 Å². The molecule has 0 heterocycles. The first-order valence-corrected chi connectivity index (χ1v) is 4.89. The minimum Gasteiger partial charge on any atom is -0.331 e. The maximum atomic E-state index is 13.1. The molecule has 0 saturated carbocycles. The van der Waals surface area contributed by atoms with Crippen molar-refractivity contribution in [3.63, 3.8) is 0 Å². The van der Waals surface area contributed by atoms with E-state index in [1.165, 1.54) is 31.1 Å². The lowest BCUT2D eigenvalue weighted by Gasteiger charge is -2.15. The van der Waals surface area contributed by atoms with E-state index in [-0.39, 0.29) is 5.69 Å². The first-order chi connectivity index (χ1) is 7.86. The molecule has 17 heavy (non-hydrogen) atoms. The number of alkyl halides is 3. The van der Waals surface area contributed by atoms with Crippen LogP contribution in [-0.4, -0.2) is 31.7 Å². The van der Waals surface area contributed by atoms with Crippen molar-refractivity contribution >= 4 is 11.7 Å². The van der Waals surface area contributed by atoms with Gasteiger partial charge in [-0.1, -0.05) is 12.1 Å². The number of hydrogen-bond acceptors (Lipinski definition) is 1. The molecule has 94 valence electrons. The normalized spacial score (nSPS) is 11.1. The Hall–Kier alpha value is -1.72. The molecule has 0 spiro atoms. The van der Waals surface area contributed by atoms with Crippen LogP contribution in [0.2, 0.25) is 0 Å². The van der Waals surface area contributed by atoms with Crippen LogP contribution in [0.5, 0.6) is 0 Å². The first kappa shape index (κ1) is 13.3. The van der Waals surface area contributed by atoms with Crippen molar-refractivity contribution in [2.24, 2.45) is 0 Å². The summed E-state index contributed by atoms with van der Waals surface area (Å²) < 4.78 is 38.3. The van der Waals surface area contributed by atoms with Crippen LogP contribution >= 0.6 is 0 Å². The highest BCUT2D eigenvalue weighted by Gasteiger charge is 2.31. The van der Waals surface area contributed by atoms with Crippen LogP contribution in [0.4, 0.5) is 23.7 Å². The predicted molar refractivity (Wildman–Crippen MR) is 59.0 cm³/mol. The summed E-state index contributed by atoms with van der Waals surface area (Å²) in [5.41, 5.74) is -0.258. The number of amides is 2. The van der Waals surface area contributed by atoms with Gasteiger partial charge in [0, 0.05) is 25.3 Å². The van der Waals surface area contributed by atoms with Gasteiger partial charge < -0.3 is 10.2 Å². The van der Waals surface area contributed by atoms with E-state index in [0.29, 0.717) is 0 Å². The van der Waals surface area contributed by atoms with Crippen LogP contribution in [0, 0.1) is 0 Å². The number of hydrogen-bond donors (Lipinski definition) is 1. The highest BCUT2D eigenvalue weighted by Crippen LogP contribution is 2.29. The van der Waals surface area contributed by atoms with Gasteiger partial charge in [0.15, 0.2) is 6.67 Å². The van der Waals surface area contributed by atoms with E-state index >= 15 is 0 Å². The lowest BCUT2D eigenvalue weighted by Crippen LogP contribution is -2.27. The molecule has 1 N–H and O–H groups in total. The molecule has 1 rings (SSSR count). The van der Waals surface area contributed by atoms with E-state index in [9.17, 15) is 18.0 Å². The molecule has 2 amide bonds. The van der Waals surface area contributed by atoms with Crippen LogP contribution in [0.1, 0.15) is 5.56 Å². The summed E-state index contributed by atoms with van der Waals surface area (Å²) >= 11 is 0. The molecule has 1 aromatic rings. The van der Waals surface area contributed by atoms with Crippen LogP contribution < -0.4 is 5.32 Å². The molecule has 0 aliphatic heterocycles. The number of rotatable bonds is 3. The highest BCUT2D eigenvalue weighted by molar-refractivity contribution is 5.88. The highest BCUT2D eigenvalue weighted by atomic mass is 19.3. The molecule has 0 bridgehead atoms. The van der Waals surface area contributed by atoms with Gasteiger partial charge in [-0.05, 0) is 12.1 Å². The summed E-state index contributed by atoms with van der Waals surface area (Å²) in [5.74, 6) is -3.53. The zero-order valence-corrected chi connectivity index (χ0v) is 9.51. The van der Waals surface area contributed by atoms with E-state index in [1.54, 1.807) is 0 Å². The fraction of sp³-hybridized carbons (Fsp3) is 0.364. The number of nitrogens with one attached hydrogen (secondary N) is 1. The second-order valence-corrected chi connectivity index (χ2v) is 3.74. The fourth-order valence-corrected chi connectivity index (χ4v) is 1.14. The Morgan fingerprint density at radius 1 is 1.41 bits per heavy atom. The second kappa shape index (κ2) is 5.07. The van der Waals surface area contributed by atoms with Crippen LogP contribution in [0.3, 0.4) is 0 Å². The Bertz CT molecular complexity index is 407. The van der Waals surface area contributed by atoms with Gasteiger partial charge in [-0.3, -0.25) is 0 Å². The van der Waals surface area contributed by atoms with E-state index in [0.717, 1.165) is 12.1 Å². The fourth-order valence-electron chi connectivity index (χ4n) is 1.14. The first-order valence-electron chi connectivity index (χ1n) is 4.89. The summed E-state index contributed by atoms with van der Waals surface area (Å²) in [6, 6.07) is 4.53. The molecule has 0 fully saturated rings. The summed E-state index contributed by atoms with van der Waals surface area (Å²) in [7, 11) is 3.05. The molecular weight excluding hydrogens is 233 g/mol. The van der Waals surface area contributed by atoms with Crippen molar-refractivity contribution in [1.29, 1.82) is 0 Å². The molecule has 1 aromatic carbocycles. The molecule has 0 aliphatic rings. The van der Waals surface area contributed by atoms with Crippen molar-refractivity contribution in [2.75, 3.05) is 26.1 Å². The maximum absolute atomic E-state index is 13.1. The standard InChI is InChI=1S/C11H13F3N2O/c1-16(2)10(17)15-9-5-3-4-8(6-9)11(13,14)7-12/h3-6H,7H2,1-2H3,(H,15,17). The number of benzene rings is 1. The van der Waals surface area contributed by atoms with Crippen molar-refractivity contribution in [2.45, 2.75) is 5.92 Å². The summed E-state index contributed by atoms with van der Waals surface area (Å²) in [4.78, 5) is 12.6. The zero-order valence-electron chi connectivity index (χ0n) is 9.51. The zero-order chi connectivity index (χ0) is 13.1. The number of urea groups is 1. The molecule has 0 aromatic heterocycles. The van der Waals surface area contributed by atoms with Crippen molar-refractivity contribution in [1.82, 2.24) is 4.90 Å². The van der Waals surface area contributed by atoms with Crippen LogP contribution in [0.25, 0.3) is 0 Å². The summed E-state index contributed by atoms with van der Waals surface area (Å²) in [6.07, 6.45) is 0. The van der Waals surface area contributed by atoms with Gasteiger partial charge >= 0.3 is 12.0 Å². The van der Waals surface area contributed by atoms with Gasteiger partial charge in [0.25, 0.3) is 0 Å². The number of nitrogens with zero attached hydrogens (tertiary/aromatic N) is 1. The topological polar surface area (TPSA) is 32.3 Å². The molecule has 0 aliphatic carbocycles. The Morgan fingerprint density at radius 2 is 2.06 bits per heavy atom. The number of anilines is 1. The van der Waals surface area contributed by atoms with E-state index in [1.807, 2.05) is 0 Å². The molecule has 0 atom stereocenters. The number of carbonyl (C=O) groups excluding carboxylic acids is 1. The summed E-state index contributed by atoms with van der Waals surface area (Å²) in [6.45, 7) is -1.77. The third-order valence-electron chi connectivity index (χ3n) is 2.11. The maximum Gasteiger partial charge on any atom is 0.321 e. The lowest BCUT2D eigenvalue weighted by atomic mass is 10.1. The van der Waals surface area contributed by atoms with E-state index in [4.69, 9.17) is 0 Å². The Balaban J connectivity index is 2.90. The summed E-state index contributed by atoms with van der Waals surface area (Å²) in [5, 5.41) is 2.41. The van der Waals surface area contributed by atoms with E-state index in [2.05, 4.69) is 5.32 Å². The second-order valence-electron chi connectivity index (χ2n) is 3.74. The smallest absolute Gasteiger partial charge is 0.321 e. The number of halogens is 3. The van der Waals surface area contributed by atoms with Gasteiger partial charge in [-0.15, -0.1) is 0 Å². The average molecular weight is 246 g/mol. The van der Waals surface area contributed by atoms with Crippen molar-refractivity contribution in [3.05, 3.63) is 29.8 Å². The minimum atomic E-state index is -3.53. The quantitative estimate of drug-likeness (QED) is 0.873. The Kier molecular flexibility index (Phi) is 3.98. The van der Waals surface area contributed by atoms with Gasteiger partial charge in [0.2, 0.25) is 0 Å². The molecule has 6 heteroatoms. The monoisotopic (exact) mass is 246 g/mol. The Labute approximate surface area is 97.2 Å². The molecule has 0 saturated heterocycles. The molecular formula is C11H13F3N2O. The third kappa shape index (κ3) is 3.37. The molecule has 3 nitrogen and oxygen atoms in total. The largest absolute Gasteiger partial charge is 0.331 e. The van der Waals surface area contributed by atoms with Crippen LogP contribution in [0.15, 0.2) is 24.3 Å².